The second-order valence-corrected chi connectivity index (χ2v) is 5.82. The van der Waals surface area contributed by atoms with E-state index in [1.54, 1.807) is 18.1 Å². The lowest BCUT2D eigenvalue weighted by atomic mass is 10.2. The molecule has 0 unspecified atom stereocenters. The normalized spacial score (nSPS) is 11.5. The van der Waals surface area contributed by atoms with Gasteiger partial charge >= 0.3 is 0 Å². The minimum atomic E-state index is 0.133. The zero-order valence-corrected chi connectivity index (χ0v) is 14.5. The summed E-state index contributed by atoms with van der Waals surface area (Å²) in [6, 6.07) is 9.85. The second-order valence-electron chi connectivity index (χ2n) is 5.82. The minimum absolute atomic E-state index is 0.133. The van der Waals surface area contributed by atoms with E-state index in [0.29, 0.717) is 5.88 Å². The molecule has 0 aliphatic heterocycles. The van der Waals surface area contributed by atoms with Gasteiger partial charge in [0.1, 0.15) is 12.0 Å². The van der Waals surface area contributed by atoms with Crippen LogP contribution in [0, 0.1) is 0 Å². The molecule has 0 spiro atoms. The van der Waals surface area contributed by atoms with Crippen molar-refractivity contribution >= 4 is 12.2 Å². The predicted molar refractivity (Wildman–Crippen MR) is 95.6 cm³/mol. The monoisotopic (exact) mass is 339 g/mol. The number of hydrogen-bond donors (Lipinski definition) is 0. The van der Waals surface area contributed by atoms with Crippen molar-refractivity contribution in [3.05, 3.63) is 59.9 Å². The van der Waals surface area contributed by atoms with Crippen molar-refractivity contribution in [1.29, 1.82) is 0 Å². The summed E-state index contributed by atoms with van der Waals surface area (Å²) in [6.07, 6.45) is 7.32. The first-order valence-corrected chi connectivity index (χ1v) is 8.07. The maximum absolute atomic E-state index is 5.57. The average Bonchev–Trinajstić information content (AvgIpc) is 3.26. The first-order valence-electron chi connectivity index (χ1n) is 8.07. The van der Waals surface area contributed by atoms with Crippen LogP contribution in [0.2, 0.25) is 0 Å². The Balaban J connectivity index is 1.87. The van der Waals surface area contributed by atoms with Gasteiger partial charge in [0.05, 0.1) is 11.3 Å². The van der Waals surface area contributed by atoms with E-state index in [0.717, 1.165) is 22.8 Å². The van der Waals surface area contributed by atoms with Crippen LogP contribution in [0.1, 0.15) is 36.9 Å². The van der Waals surface area contributed by atoms with Gasteiger partial charge in [0, 0.05) is 19.2 Å². The van der Waals surface area contributed by atoms with E-state index >= 15 is 0 Å². The molecule has 1 aromatic carbocycles. The smallest absolute Gasteiger partial charge is 0.242 e. The number of oxazole rings is 1. The first kappa shape index (κ1) is 17.0. The molecule has 0 aliphatic rings. The van der Waals surface area contributed by atoms with Gasteiger partial charge < -0.3 is 13.9 Å². The van der Waals surface area contributed by atoms with E-state index in [1.807, 2.05) is 62.5 Å². The van der Waals surface area contributed by atoms with Crippen molar-refractivity contribution in [3.8, 4) is 11.6 Å². The highest BCUT2D eigenvalue weighted by atomic mass is 16.7. The highest BCUT2D eigenvalue weighted by Gasteiger charge is 2.10. The predicted octanol–water partition coefficient (Wildman–Crippen LogP) is 4.14. The van der Waals surface area contributed by atoms with E-state index in [4.69, 9.17) is 13.9 Å². The number of nitrogens with zero attached hydrogens (tertiary/aromatic N) is 3. The fourth-order valence-electron chi connectivity index (χ4n) is 2.24. The Morgan fingerprint density at radius 2 is 2.00 bits per heavy atom. The van der Waals surface area contributed by atoms with Gasteiger partial charge in [-0.1, -0.05) is 32.0 Å². The van der Waals surface area contributed by atoms with Crippen LogP contribution in [-0.4, -0.2) is 28.7 Å². The van der Waals surface area contributed by atoms with Gasteiger partial charge in [-0.05, 0) is 24.3 Å². The van der Waals surface area contributed by atoms with Crippen LogP contribution in [0.5, 0.6) is 5.88 Å². The lowest BCUT2D eigenvalue weighted by molar-refractivity contribution is 0.0474. The third-order valence-electron chi connectivity index (χ3n) is 3.51. The van der Waals surface area contributed by atoms with Gasteiger partial charge in [0.15, 0.2) is 12.7 Å². The quantitative estimate of drug-likeness (QED) is 0.606. The molecule has 0 saturated heterocycles. The molecule has 2 heterocycles. The number of rotatable bonds is 7. The topological polar surface area (TPSA) is 62.3 Å². The summed E-state index contributed by atoms with van der Waals surface area (Å²) in [5.41, 5.74) is 2.54. The molecule has 0 aliphatic carbocycles. The van der Waals surface area contributed by atoms with Gasteiger partial charge in [-0.3, -0.25) is 0 Å². The Hall–Kier alpha value is -2.86. The Bertz CT molecular complexity index is 835. The van der Waals surface area contributed by atoms with Gasteiger partial charge in [-0.2, -0.15) is 0 Å². The maximum Gasteiger partial charge on any atom is 0.242 e. The minimum Gasteiger partial charge on any atom is -0.449 e. The summed E-state index contributed by atoms with van der Waals surface area (Å²) in [5, 5.41) is 4.48. The maximum atomic E-state index is 5.57. The molecule has 0 atom stereocenters. The van der Waals surface area contributed by atoms with Crippen molar-refractivity contribution in [2.24, 2.45) is 0 Å². The number of methoxy groups -OCH3 is 1. The molecule has 0 bridgehead atoms. The van der Waals surface area contributed by atoms with Gasteiger partial charge in [-0.25, -0.2) is 9.67 Å². The molecular formula is C19H21N3O3. The second kappa shape index (κ2) is 7.81. The molecule has 2 aromatic heterocycles. The summed E-state index contributed by atoms with van der Waals surface area (Å²) in [6.45, 7) is 4.22. The first-order chi connectivity index (χ1) is 12.2. The van der Waals surface area contributed by atoms with Crippen molar-refractivity contribution in [2.75, 3.05) is 13.9 Å². The lowest BCUT2D eigenvalue weighted by Crippen LogP contribution is -2.01. The number of benzene rings is 1. The van der Waals surface area contributed by atoms with Crippen LogP contribution in [0.15, 0.2) is 47.2 Å². The van der Waals surface area contributed by atoms with Crippen LogP contribution < -0.4 is 4.74 Å². The van der Waals surface area contributed by atoms with Crippen molar-refractivity contribution in [2.45, 2.75) is 19.8 Å². The summed E-state index contributed by atoms with van der Waals surface area (Å²) in [4.78, 5) is 4.44. The van der Waals surface area contributed by atoms with Crippen LogP contribution in [0.3, 0.4) is 0 Å². The molecule has 25 heavy (non-hydrogen) atoms. The number of hydrogen-bond acceptors (Lipinski definition) is 5. The van der Waals surface area contributed by atoms with Crippen LogP contribution in [-0.2, 0) is 4.74 Å². The van der Waals surface area contributed by atoms with E-state index in [9.17, 15) is 0 Å². The van der Waals surface area contributed by atoms with Crippen LogP contribution >= 0.6 is 0 Å². The summed E-state index contributed by atoms with van der Waals surface area (Å²) in [7, 11) is 1.58. The van der Waals surface area contributed by atoms with E-state index < -0.39 is 0 Å². The molecule has 3 rings (SSSR count). The van der Waals surface area contributed by atoms with Crippen molar-refractivity contribution in [1.82, 2.24) is 14.8 Å². The fourth-order valence-corrected chi connectivity index (χ4v) is 2.24. The number of ether oxygens (including phenoxy) is 2. The zero-order valence-electron chi connectivity index (χ0n) is 14.5. The highest BCUT2D eigenvalue weighted by molar-refractivity contribution is 5.70. The lowest BCUT2D eigenvalue weighted by Gasteiger charge is -2.01. The van der Waals surface area contributed by atoms with E-state index in [-0.39, 0.29) is 12.7 Å². The Morgan fingerprint density at radius 3 is 2.68 bits per heavy atom. The van der Waals surface area contributed by atoms with Crippen LogP contribution in [0.25, 0.3) is 17.8 Å². The third kappa shape index (κ3) is 4.16. The highest BCUT2D eigenvalue weighted by Crippen LogP contribution is 2.22. The molecular weight excluding hydrogens is 318 g/mol. The fraction of sp³-hybridized carbons (Fsp3) is 0.263. The van der Waals surface area contributed by atoms with Gasteiger partial charge in [0.25, 0.3) is 0 Å². The van der Waals surface area contributed by atoms with E-state index in [2.05, 4.69) is 10.1 Å². The summed E-state index contributed by atoms with van der Waals surface area (Å²) >= 11 is 0. The Morgan fingerprint density at radius 1 is 1.20 bits per heavy atom. The van der Waals surface area contributed by atoms with E-state index in [1.165, 1.54) is 0 Å². The van der Waals surface area contributed by atoms with Crippen molar-refractivity contribution < 1.29 is 13.9 Å². The summed E-state index contributed by atoms with van der Waals surface area (Å²) < 4.78 is 17.8. The van der Waals surface area contributed by atoms with Gasteiger partial charge in [-0.15, -0.1) is 5.10 Å². The standard InChI is InChI=1S/C19H21N3O3/c1-14(2)18-20-16(12-24-18)10-9-15-11-22(17-7-5-4-6-8-17)21-19(15)25-13-23-3/h4-12,14H,13H2,1-3H3/b10-9+. The molecule has 0 fully saturated rings. The van der Waals surface area contributed by atoms with Crippen LogP contribution in [0.4, 0.5) is 0 Å². The number of aromatic nitrogens is 3. The molecule has 3 aromatic rings. The summed E-state index contributed by atoms with van der Waals surface area (Å²) in [5.74, 6) is 1.47. The molecule has 0 amide bonds. The Labute approximate surface area is 146 Å². The SMILES string of the molecule is COCOc1nn(-c2ccccc2)cc1/C=C/c1coc(C(C)C)n1. The third-order valence-corrected chi connectivity index (χ3v) is 3.51. The van der Waals surface area contributed by atoms with Crippen molar-refractivity contribution in [3.63, 3.8) is 0 Å². The molecule has 6 heteroatoms. The van der Waals surface area contributed by atoms with Gasteiger partial charge in [0.2, 0.25) is 5.88 Å². The molecule has 130 valence electrons. The number of para-hydroxylation sites is 1. The molecule has 0 saturated carbocycles. The Kier molecular flexibility index (Phi) is 5.30. The largest absolute Gasteiger partial charge is 0.449 e. The zero-order chi connectivity index (χ0) is 17.6. The molecule has 6 nitrogen and oxygen atoms in total. The molecule has 0 N–H and O–H groups in total. The molecule has 0 radical (unpaired) electrons. The average molecular weight is 339 g/mol.